The number of hydrogen-bond acceptors (Lipinski definition) is 4. The molecule has 0 atom stereocenters. The lowest BCUT2D eigenvalue weighted by Gasteiger charge is -2.34. The van der Waals surface area contributed by atoms with Crippen LogP contribution >= 0.6 is 0 Å². The van der Waals surface area contributed by atoms with E-state index in [4.69, 9.17) is 10.5 Å². The number of hydrogen-bond donors (Lipinski definition) is 0. The molecule has 0 aromatic rings. The molecule has 0 saturated carbocycles. The third-order valence-electron chi connectivity index (χ3n) is 3.49. The van der Waals surface area contributed by atoms with E-state index in [1.807, 2.05) is 0 Å². The summed E-state index contributed by atoms with van der Waals surface area (Å²) in [7, 11) is 0. The molecule has 0 spiro atoms. The first-order valence-corrected chi connectivity index (χ1v) is 7.05. The topological polar surface area (TPSA) is 54.1 Å². The van der Waals surface area contributed by atoms with Gasteiger partial charge >= 0.3 is 0 Å². The Morgan fingerprint density at radius 1 is 0.667 bits per heavy atom. The van der Waals surface area contributed by atoms with Crippen molar-refractivity contribution < 1.29 is 0 Å². The molecule has 100 valence electrons. The Balaban J connectivity index is 1.99. The minimum Gasteiger partial charge on any atom is -0.301 e. The van der Waals surface area contributed by atoms with Gasteiger partial charge < -0.3 is 9.80 Å². The molecule has 0 radical (unpaired) electrons. The molecule has 1 rings (SSSR count). The maximum atomic E-state index is 8.47. The molecule has 1 heterocycles. The van der Waals surface area contributed by atoms with Crippen molar-refractivity contribution in [3.8, 4) is 12.1 Å². The monoisotopic (exact) mass is 248 g/mol. The summed E-state index contributed by atoms with van der Waals surface area (Å²) < 4.78 is 0. The fourth-order valence-corrected chi connectivity index (χ4v) is 2.32. The van der Waals surface area contributed by atoms with E-state index in [2.05, 4.69) is 21.9 Å². The van der Waals surface area contributed by atoms with E-state index in [1.54, 1.807) is 0 Å². The van der Waals surface area contributed by atoms with Gasteiger partial charge in [-0.2, -0.15) is 10.5 Å². The van der Waals surface area contributed by atoms with Gasteiger partial charge in [-0.15, -0.1) is 0 Å². The van der Waals surface area contributed by atoms with Crippen LogP contribution in [0.1, 0.15) is 38.5 Å². The van der Waals surface area contributed by atoms with Gasteiger partial charge in [0.2, 0.25) is 0 Å². The lowest BCUT2D eigenvalue weighted by atomic mass is 10.2. The van der Waals surface area contributed by atoms with Crippen molar-refractivity contribution in [2.75, 3.05) is 39.3 Å². The molecule has 0 aromatic heterocycles. The highest BCUT2D eigenvalue weighted by Gasteiger charge is 2.15. The summed E-state index contributed by atoms with van der Waals surface area (Å²) in [6.45, 7) is 6.92. The standard InChI is InChI=1S/C14H24N4/c15-7-3-1-5-9-17-11-13-18(14-12-17)10-6-2-4-8-16/h1-6,9-14H2. The SMILES string of the molecule is N#CCCCCN1CCN(CCCCC#N)CC1. The van der Waals surface area contributed by atoms with E-state index in [9.17, 15) is 0 Å². The van der Waals surface area contributed by atoms with Crippen LogP contribution in [-0.2, 0) is 0 Å². The van der Waals surface area contributed by atoms with Crippen LogP contribution in [0.2, 0.25) is 0 Å². The zero-order chi connectivity index (χ0) is 13.1. The summed E-state index contributed by atoms with van der Waals surface area (Å²) in [6.07, 6.45) is 5.75. The number of nitriles is 2. The van der Waals surface area contributed by atoms with E-state index >= 15 is 0 Å². The first-order valence-electron chi connectivity index (χ1n) is 7.05. The molecule has 0 bridgehead atoms. The average molecular weight is 248 g/mol. The number of nitrogens with zero attached hydrogens (tertiary/aromatic N) is 4. The van der Waals surface area contributed by atoms with Crippen LogP contribution in [-0.4, -0.2) is 49.1 Å². The van der Waals surface area contributed by atoms with Gasteiger partial charge in [0.15, 0.2) is 0 Å². The predicted octanol–water partition coefficient (Wildman–Crippen LogP) is 1.99. The van der Waals surface area contributed by atoms with Gasteiger partial charge in [-0.05, 0) is 38.8 Å². The van der Waals surface area contributed by atoms with Crippen molar-refractivity contribution in [2.45, 2.75) is 38.5 Å². The number of piperazine rings is 1. The van der Waals surface area contributed by atoms with Gasteiger partial charge in [0, 0.05) is 39.0 Å². The van der Waals surface area contributed by atoms with E-state index in [1.165, 1.54) is 0 Å². The Morgan fingerprint density at radius 2 is 1.06 bits per heavy atom. The summed E-state index contributed by atoms with van der Waals surface area (Å²) in [5.41, 5.74) is 0. The number of unbranched alkanes of at least 4 members (excludes halogenated alkanes) is 4. The highest BCUT2D eigenvalue weighted by Crippen LogP contribution is 2.06. The van der Waals surface area contributed by atoms with Crippen molar-refractivity contribution >= 4 is 0 Å². The summed E-state index contributed by atoms with van der Waals surface area (Å²) in [4.78, 5) is 5.01. The van der Waals surface area contributed by atoms with Gasteiger partial charge in [-0.1, -0.05) is 0 Å². The normalized spacial score (nSPS) is 17.2. The minimum absolute atomic E-state index is 0.693. The molecular formula is C14H24N4. The summed E-state index contributed by atoms with van der Waals surface area (Å²) in [5.74, 6) is 0. The van der Waals surface area contributed by atoms with E-state index in [-0.39, 0.29) is 0 Å². The maximum Gasteiger partial charge on any atom is 0.0621 e. The van der Waals surface area contributed by atoms with Crippen molar-refractivity contribution in [1.82, 2.24) is 9.80 Å². The Bertz CT molecular complexity index is 251. The van der Waals surface area contributed by atoms with Crippen LogP contribution < -0.4 is 0 Å². The molecule has 1 fully saturated rings. The van der Waals surface area contributed by atoms with E-state index in [0.29, 0.717) is 12.8 Å². The van der Waals surface area contributed by atoms with Crippen LogP contribution in [0.15, 0.2) is 0 Å². The quantitative estimate of drug-likeness (QED) is 0.616. The second kappa shape index (κ2) is 9.88. The van der Waals surface area contributed by atoms with Crippen molar-refractivity contribution in [3.63, 3.8) is 0 Å². The molecule has 4 nitrogen and oxygen atoms in total. The van der Waals surface area contributed by atoms with Gasteiger partial charge in [-0.25, -0.2) is 0 Å². The molecule has 1 aliphatic heterocycles. The first-order chi connectivity index (χ1) is 8.86. The third kappa shape index (κ3) is 6.59. The van der Waals surface area contributed by atoms with E-state index < -0.39 is 0 Å². The fraction of sp³-hybridized carbons (Fsp3) is 0.857. The van der Waals surface area contributed by atoms with Crippen LogP contribution in [0.4, 0.5) is 0 Å². The number of rotatable bonds is 8. The lowest BCUT2D eigenvalue weighted by Crippen LogP contribution is -2.46. The zero-order valence-electron chi connectivity index (χ0n) is 11.3. The third-order valence-corrected chi connectivity index (χ3v) is 3.49. The van der Waals surface area contributed by atoms with Crippen LogP contribution in [0.3, 0.4) is 0 Å². The van der Waals surface area contributed by atoms with Crippen molar-refractivity contribution in [1.29, 1.82) is 10.5 Å². The molecule has 0 amide bonds. The second-order valence-corrected chi connectivity index (χ2v) is 4.91. The lowest BCUT2D eigenvalue weighted by molar-refractivity contribution is 0.129. The molecular weight excluding hydrogens is 224 g/mol. The maximum absolute atomic E-state index is 8.47. The average Bonchev–Trinajstić information content (AvgIpc) is 2.41. The van der Waals surface area contributed by atoms with Crippen molar-refractivity contribution in [3.05, 3.63) is 0 Å². The highest BCUT2D eigenvalue weighted by molar-refractivity contribution is 4.74. The van der Waals surface area contributed by atoms with Crippen molar-refractivity contribution in [2.24, 2.45) is 0 Å². The van der Waals surface area contributed by atoms with Gasteiger partial charge in [0.25, 0.3) is 0 Å². The largest absolute Gasteiger partial charge is 0.301 e. The minimum atomic E-state index is 0.693. The summed E-state index contributed by atoms with van der Waals surface area (Å²) in [5, 5.41) is 16.9. The molecule has 4 heteroatoms. The molecule has 0 N–H and O–H groups in total. The Morgan fingerprint density at radius 3 is 1.39 bits per heavy atom. The molecule has 0 unspecified atom stereocenters. The summed E-state index contributed by atoms with van der Waals surface area (Å²) in [6, 6.07) is 4.39. The van der Waals surface area contributed by atoms with Crippen LogP contribution in [0, 0.1) is 22.7 Å². The summed E-state index contributed by atoms with van der Waals surface area (Å²) >= 11 is 0. The fourth-order valence-electron chi connectivity index (χ4n) is 2.32. The second-order valence-electron chi connectivity index (χ2n) is 4.91. The molecule has 0 aromatic carbocycles. The Labute approximate surface area is 111 Å². The van der Waals surface area contributed by atoms with Crippen LogP contribution in [0.5, 0.6) is 0 Å². The van der Waals surface area contributed by atoms with E-state index in [0.717, 1.165) is 65.0 Å². The molecule has 1 saturated heterocycles. The van der Waals surface area contributed by atoms with Crippen LogP contribution in [0.25, 0.3) is 0 Å². The van der Waals surface area contributed by atoms with Gasteiger partial charge in [0.1, 0.15) is 0 Å². The molecule has 1 aliphatic rings. The highest BCUT2D eigenvalue weighted by atomic mass is 15.3. The predicted molar refractivity (Wildman–Crippen MR) is 71.8 cm³/mol. The van der Waals surface area contributed by atoms with Gasteiger partial charge in [-0.3, -0.25) is 0 Å². The molecule has 0 aliphatic carbocycles. The first kappa shape index (κ1) is 15.0. The smallest absolute Gasteiger partial charge is 0.0621 e. The Hall–Kier alpha value is -1.10. The zero-order valence-corrected chi connectivity index (χ0v) is 11.3. The Kier molecular flexibility index (Phi) is 8.21. The van der Waals surface area contributed by atoms with Gasteiger partial charge in [0.05, 0.1) is 12.1 Å². The molecule has 18 heavy (non-hydrogen) atoms.